The fourth-order valence-electron chi connectivity index (χ4n) is 2.68. The second-order valence-corrected chi connectivity index (χ2v) is 6.66. The highest BCUT2D eigenvalue weighted by Gasteiger charge is 2.18. The van der Waals surface area contributed by atoms with E-state index in [4.69, 9.17) is 14.0 Å². The predicted octanol–water partition coefficient (Wildman–Crippen LogP) is -0.992. The SMILES string of the molecule is [3H]N1CCN(CC(=O)O)CCN(CC(=O)O)CCN(CC(=O)OCCCC)CC1([3H])[3H]. The summed E-state index contributed by atoms with van der Waals surface area (Å²) in [5.41, 5.74) is 0. The number of carbonyl (C=O) groups excluding carboxylic acids is 1. The number of nitrogens with zero attached hydrogens (tertiary/aromatic N) is 3. The second kappa shape index (κ2) is 14.3. The molecule has 3 N–H and O–H groups in total. The molecule has 0 unspecified atom stereocenters. The van der Waals surface area contributed by atoms with E-state index in [9.17, 15) is 19.5 Å². The molecule has 0 saturated carbocycles. The third kappa shape index (κ3) is 11.9. The van der Waals surface area contributed by atoms with Gasteiger partial charge in [-0.2, -0.15) is 0 Å². The molecule has 0 bridgehead atoms. The first-order valence-electron chi connectivity index (χ1n) is 11.0. The van der Waals surface area contributed by atoms with E-state index in [1.165, 1.54) is 4.90 Å². The van der Waals surface area contributed by atoms with Crippen LogP contribution < -0.4 is 5.31 Å². The Kier molecular flexibility index (Phi) is 9.97. The van der Waals surface area contributed by atoms with Crippen molar-refractivity contribution in [2.24, 2.45) is 0 Å². The lowest BCUT2D eigenvalue weighted by atomic mass is 10.3. The molecule has 1 fully saturated rings. The molecule has 1 aliphatic heterocycles. The molecule has 1 aliphatic rings. The molecule has 0 aromatic heterocycles. The van der Waals surface area contributed by atoms with E-state index in [2.05, 4.69) is 0 Å². The van der Waals surface area contributed by atoms with E-state index in [0.29, 0.717) is 6.54 Å². The zero-order chi connectivity index (χ0) is 23.4. The van der Waals surface area contributed by atoms with Gasteiger partial charge in [0.2, 0.25) is 0 Å². The number of unbranched alkanes of at least 4 members (excludes halogenated alkanes) is 1. The highest BCUT2D eigenvalue weighted by atomic mass is 16.5. The average molecular weight is 409 g/mol. The molecule has 10 nitrogen and oxygen atoms in total. The summed E-state index contributed by atoms with van der Waals surface area (Å²) in [5, 5.41) is 19.0. The summed E-state index contributed by atoms with van der Waals surface area (Å²) in [7, 11) is 0. The number of hydrogen-bond acceptors (Lipinski definition) is 8. The standard InChI is InChI=1S/C18H34N4O6/c1-2-3-12-28-18(27)15-21-7-5-19-4-6-20(13-16(23)24)8-10-22(11-9-21)14-17(25)26/h19H,2-15H2,1H3,(H,23,24)(H,25,26)/i5T2/hT. The highest BCUT2D eigenvalue weighted by molar-refractivity contribution is 5.71. The van der Waals surface area contributed by atoms with Gasteiger partial charge in [-0.1, -0.05) is 13.3 Å². The maximum absolute atomic E-state index is 12.1. The number of carboxylic acid groups (broad SMARTS) is 2. The molecule has 10 heteroatoms. The molecule has 0 aromatic rings. The lowest BCUT2D eigenvalue weighted by Crippen LogP contribution is -2.47. The Hall–Kier alpha value is -1.75. The lowest BCUT2D eigenvalue weighted by molar-refractivity contribution is -0.145. The Morgan fingerprint density at radius 2 is 1.50 bits per heavy atom. The van der Waals surface area contributed by atoms with Crippen molar-refractivity contribution in [3.63, 3.8) is 0 Å². The molecule has 1 saturated heterocycles. The first-order valence-corrected chi connectivity index (χ1v) is 9.56. The molecule has 0 radical (unpaired) electrons. The van der Waals surface area contributed by atoms with Gasteiger partial charge in [-0.25, -0.2) is 0 Å². The Morgan fingerprint density at radius 1 is 0.964 bits per heavy atom. The molecule has 0 spiro atoms. The van der Waals surface area contributed by atoms with Crippen molar-refractivity contribution >= 4 is 17.9 Å². The number of ether oxygens (including phenoxy) is 1. The van der Waals surface area contributed by atoms with Crippen molar-refractivity contribution in [1.82, 2.24) is 20.0 Å². The minimum absolute atomic E-state index is 0.0476. The van der Waals surface area contributed by atoms with Crippen LogP contribution in [-0.4, -0.2) is 121 Å². The van der Waals surface area contributed by atoms with Crippen LogP contribution in [0.1, 0.15) is 22.5 Å². The van der Waals surface area contributed by atoms with Crippen molar-refractivity contribution in [1.29, 1.82) is 0 Å². The van der Waals surface area contributed by atoms with Gasteiger partial charge >= 0.3 is 17.9 Å². The quantitative estimate of drug-likeness (QED) is 0.324. The molecule has 1 rings (SSSR count). The molecule has 0 aromatic carbocycles. The van der Waals surface area contributed by atoms with E-state index in [-0.39, 0.29) is 65.5 Å². The van der Waals surface area contributed by atoms with E-state index in [1.54, 1.807) is 9.80 Å². The summed E-state index contributed by atoms with van der Waals surface area (Å²) < 4.78 is 29.7. The summed E-state index contributed by atoms with van der Waals surface area (Å²) in [4.78, 5) is 39.2. The fourth-order valence-corrected chi connectivity index (χ4v) is 2.68. The van der Waals surface area contributed by atoms with Crippen LogP contribution in [0, 0.1) is 0 Å². The van der Waals surface area contributed by atoms with Crippen molar-refractivity contribution in [2.45, 2.75) is 19.8 Å². The van der Waals surface area contributed by atoms with Crippen LogP contribution in [0.15, 0.2) is 0 Å². The minimum Gasteiger partial charge on any atom is -0.480 e. The average Bonchev–Trinajstić information content (AvgIpc) is 2.65. The normalized spacial score (nSPS) is 22.8. The van der Waals surface area contributed by atoms with E-state index in [0.717, 1.165) is 18.2 Å². The monoisotopic (exact) mass is 408 g/mol. The van der Waals surface area contributed by atoms with Crippen molar-refractivity contribution in [3.05, 3.63) is 0 Å². The summed E-state index contributed by atoms with van der Waals surface area (Å²) in [6, 6.07) is 0. The number of hydrogen-bond donors (Lipinski definition) is 3. The smallest absolute Gasteiger partial charge is 0.320 e. The van der Waals surface area contributed by atoms with E-state index < -0.39 is 24.4 Å². The van der Waals surface area contributed by atoms with Crippen LogP contribution in [-0.2, 0) is 19.1 Å². The number of carboxylic acids is 2. The van der Waals surface area contributed by atoms with Crippen LogP contribution >= 0.6 is 0 Å². The summed E-state index contributed by atoms with van der Waals surface area (Å²) in [6.45, 7) is 0.268. The summed E-state index contributed by atoms with van der Waals surface area (Å²) >= 11 is 0. The zero-order valence-electron chi connectivity index (χ0n) is 19.5. The molecular weight excluding hydrogens is 368 g/mol. The minimum atomic E-state index is -2.10. The Balaban J connectivity index is 2.93. The van der Waals surface area contributed by atoms with Gasteiger partial charge in [0.25, 0.3) is 0 Å². The van der Waals surface area contributed by atoms with Gasteiger partial charge in [-0.05, 0) is 6.42 Å². The van der Waals surface area contributed by atoms with E-state index >= 15 is 0 Å². The van der Waals surface area contributed by atoms with Crippen LogP contribution in [0.5, 0.6) is 0 Å². The van der Waals surface area contributed by atoms with Crippen LogP contribution in [0.2, 0.25) is 1.41 Å². The number of esters is 1. The maximum Gasteiger partial charge on any atom is 0.320 e. The molecule has 0 aliphatic carbocycles. The molecular formula is C18H34N4O6. The highest BCUT2D eigenvalue weighted by Crippen LogP contribution is 1.99. The Bertz CT molecular complexity index is 599. The number of aliphatic carboxylic acids is 2. The molecule has 0 atom stereocenters. The van der Waals surface area contributed by atoms with E-state index in [1.807, 2.05) is 6.92 Å². The van der Waals surface area contributed by atoms with Gasteiger partial charge in [0.1, 0.15) is 1.41 Å². The number of nitrogens with one attached hydrogen (secondary N) is 1. The molecule has 1 heterocycles. The third-order valence-electron chi connectivity index (χ3n) is 4.23. The van der Waals surface area contributed by atoms with Gasteiger partial charge in [0.05, 0.1) is 26.2 Å². The van der Waals surface area contributed by atoms with Crippen LogP contribution in [0.3, 0.4) is 0 Å². The van der Waals surface area contributed by atoms with Crippen molar-refractivity contribution in [2.75, 3.05) is 78.6 Å². The Morgan fingerprint density at radius 3 is 2.04 bits per heavy atom. The summed E-state index contributed by atoms with van der Waals surface area (Å²) in [6.07, 6.45) is 1.60. The van der Waals surface area contributed by atoms with Gasteiger partial charge in [0.15, 0.2) is 0 Å². The molecule has 0 amide bonds. The van der Waals surface area contributed by atoms with Gasteiger partial charge in [-0.3, -0.25) is 29.1 Å². The second-order valence-electron chi connectivity index (χ2n) is 6.66. The zero-order valence-corrected chi connectivity index (χ0v) is 16.5. The van der Waals surface area contributed by atoms with Gasteiger partial charge in [-0.15, -0.1) is 0 Å². The maximum atomic E-state index is 12.1. The van der Waals surface area contributed by atoms with Crippen LogP contribution in [0.25, 0.3) is 0 Å². The Labute approximate surface area is 170 Å². The first-order chi connectivity index (χ1) is 14.5. The van der Waals surface area contributed by atoms with Crippen molar-refractivity contribution in [3.8, 4) is 0 Å². The predicted molar refractivity (Wildman–Crippen MR) is 103 cm³/mol. The van der Waals surface area contributed by atoms with Gasteiger partial charge < -0.3 is 20.3 Å². The number of rotatable bonds is 9. The fraction of sp³-hybridized carbons (Fsp3) is 0.833. The summed E-state index contributed by atoms with van der Waals surface area (Å²) in [5.74, 6) is -2.58. The number of carbonyl (C=O) groups is 3. The van der Waals surface area contributed by atoms with Gasteiger partial charge in [0, 0.05) is 55.1 Å². The largest absolute Gasteiger partial charge is 0.480 e. The third-order valence-corrected chi connectivity index (χ3v) is 4.23. The topological polar surface area (TPSA) is 123 Å². The molecule has 28 heavy (non-hydrogen) atoms. The van der Waals surface area contributed by atoms with Crippen LogP contribution in [0.4, 0.5) is 0 Å². The molecule has 162 valence electrons. The van der Waals surface area contributed by atoms with Crippen molar-refractivity contribution < 1.29 is 33.5 Å². The first kappa shape index (κ1) is 19.6. The lowest BCUT2D eigenvalue weighted by Gasteiger charge is -2.30.